The molecule has 2 aromatic rings. The molecule has 0 bridgehead atoms. The van der Waals surface area contributed by atoms with Gasteiger partial charge in [0.1, 0.15) is 12.4 Å². The lowest BCUT2D eigenvalue weighted by atomic mass is 10.2. The van der Waals surface area contributed by atoms with E-state index in [-0.39, 0.29) is 17.9 Å². The number of carbonyl (C=O) groups excluding carboxylic acids is 1. The van der Waals surface area contributed by atoms with Crippen molar-refractivity contribution in [2.24, 2.45) is 7.05 Å². The molecule has 2 rings (SSSR count). The molecule has 0 aliphatic rings. The quantitative estimate of drug-likeness (QED) is 0.693. The van der Waals surface area contributed by atoms with Crippen molar-refractivity contribution in [3.63, 3.8) is 0 Å². The van der Waals surface area contributed by atoms with Crippen LogP contribution in [-0.2, 0) is 18.4 Å². The predicted molar refractivity (Wildman–Crippen MR) is 70.8 cm³/mol. The smallest absolute Gasteiger partial charge is 0.339 e. The molecule has 1 aromatic carbocycles. The lowest BCUT2D eigenvalue weighted by Crippen LogP contribution is -2.08. The van der Waals surface area contributed by atoms with Gasteiger partial charge in [-0.3, -0.25) is 4.68 Å². The largest absolute Gasteiger partial charge is 0.455 e. The van der Waals surface area contributed by atoms with Crippen molar-refractivity contribution in [1.29, 1.82) is 0 Å². The first-order chi connectivity index (χ1) is 8.97. The van der Waals surface area contributed by atoms with Gasteiger partial charge in [0.05, 0.1) is 16.9 Å². The lowest BCUT2D eigenvalue weighted by Gasteiger charge is -2.06. The molecule has 0 unspecified atom stereocenters. The number of hydrogen-bond acceptors (Lipinski definition) is 4. The maximum absolute atomic E-state index is 13.2. The number of halogens is 2. The summed E-state index contributed by atoms with van der Waals surface area (Å²) in [6, 6.07) is 4.11. The molecular formula is C12H11BrFN3O2. The summed E-state index contributed by atoms with van der Waals surface area (Å²) in [7, 11) is 1.77. The molecule has 0 saturated heterocycles. The highest BCUT2D eigenvalue weighted by Gasteiger charge is 2.15. The van der Waals surface area contributed by atoms with E-state index in [0.29, 0.717) is 10.2 Å². The Hall–Kier alpha value is -1.89. The van der Waals surface area contributed by atoms with Crippen molar-refractivity contribution in [2.45, 2.75) is 6.61 Å². The Kier molecular flexibility index (Phi) is 3.84. The molecule has 5 nitrogen and oxygen atoms in total. The van der Waals surface area contributed by atoms with Crippen LogP contribution in [0.4, 0.5) is 10.1 Å². The molecule has 0 radical (unpaired) electrons. The van der Waals surface area contributed by atoms with Crippen molar-refractivity contribution >= 4 is 27.6 Å². The van der Waals surface area contributed by atoms with Gasteiger partial charge in [0.15, 0.2) is 0 Å². The summed E-state index contributed by atoms with van der Waals surface area (Å²) < 4.78 is 20.1. The fourth-order valence-electron chi connectivity index (χ4n) is 1.48. The van der Waals surface area contributed by atoms with E-state index in [1.807, 2.05) is 0 Å². The van der Waals surface area contributed by atoms with Crippen LogP contribution < -0.4 is 5.73 Å². The first-order valence-corrected chi connectivity index (χ1v) is 6.17. The van der Waals surface area contributed by atoms with Gasteiger partial charge in [-0.2, -0.15) is 5.10 Å². The first kappa shape index (κ1) is 13.5. The predicted octanol–water partition coefficient (Wildman–Crippen LogP) is 2.26. The summed E-state index contributed by atoms with van der Waals surface area (Å²) in [6.45, 7) is 0.0450. The first-order valence-electron chi connectivity index (χ1n) is 5.37. The number of ether oxygens (including phenoxy) is 1. The van der Waals surface area contributed by atoms with Crippen LogP contribution >= 0.6 is 15.9 Å². The van der Waals surface area contributed by atoms with E-state index in [2.05, 4.69) is 21.0 Å². The molecule has 0 aliphatic heterocycles. The number of aromatic nitrogens is 2. The third-order valence-corrected chi connectivity index (χ3v) is 3.08. The minimum absolute atomic E-state index is 0.0450. The Labute approximate surface area is 117 Å². The van der Waals surface area contributed by atoms with Crippen LogP contribution in [0.25, 0.3) is 0 Å². The normalized spacial score (nSPS) is 10.5. The molecule has 2 N–H and O–H groups in total. The number of benzene rings is 1. The van der Waals surface area contributed by atoms with E-state index in [1.165, 1.54) is 6.07 Å². The van der Waals surface area contributed by atoms with E-state index in [0.717, 1.165) is 6.07 Å². The molecule has 100 valence electrons. The maximum atomic E-state index is 13.2. The number of aryl methyl sites for hydroxylation is 1. The molecular weight excluding hydrogens is 317 g/mol. The van der Waals surface area contributed by atoms with Crippen LogP contribution in [0.3, 0.4) is 0 Å². The highest BCUT2D eigenvalue weighted by atomic mass is 79.9. The molecule has 1 aromatic heterocycles. The number of nitrogen functional groups attached to an aromatic ring is 1. The van der Waals surface area contributed by atoms with Crippen molar-refractivity contribution in [2.75, 3.05) is 5.73 Å². The molecule has 0 amide bonds. The second-order valence-corrected chi connectivity index (χ2v) is 4.76. The van der Waals surface area contributed by atoms with Crippen LogP contribution in [0.2, 0.25) is 0 Å². The van der Waals surface area contributed by atoms with Crippen molar-refractivity contribution < 1.29 is 13.9 Å². The fourth-order valence-corrected chi connectivity index (χ4v) is 1.96. The zero-order chi connectivity index (χ0) is 14.0. The summed E-state index contributed by atoms with van der Waals surface area (Å²) in [4.78, 5) is 11.8. The fraction of sp³-hybridized carbons (Fsp3) is 0.167. The van der Waals surface area contributed by atoms with Crippen LogP contribution in [0, 0.1) is 5.82 Å². The zero-order valence-electron chi connectivity index (χ0n) is 10.1. The molecule has 7 heteroatoms. The van der Waals surface area contributed by atoms with Crippen molar-refractivity contribution in [3.8, 4) is 0 Å². The van der Waals surface area contributed by atoms with Gasteiger partial charge < -0.3 is 10.5 Å². The minimum atomic E-state index is -0.593. The Morgan fingerprint density at radius 2 is 2.32 bits per heavy atom. The molecule has 0 saturated carbocycles. The summed E-state index contributed by atoms with van der Waals surface area (Å²) >= 11 is 3.10. The van der Waals surface area contributed by atoms with Crippen LogP contribution in [0.5, 0.6) is 0 Å². The second kappa shape index (κ2) is 5.40. The van der Waals surface area contributed by atoms with E-state index in [1.54, 1.807) is 24.0 Å². The summed E-state index contributed by atoms with van der Waals surface area (Å²) in [5.41, 5.74) is 6.12. The monoisotopic (exact) mass is 327 g/mol. The van der Waals surface area contributed by atoms with E-state index in [4.69, 9.17) is 10.5 Å². The lowest BCUT2D eigenvalue weighted by molar-refractivity contribution is 0.0466. The van der Waals surface area contributed by atoms with Gasteiger partial charge in [0.2, 0.25) is 0 Å². The number of anilines is 1. The Morgan fingerprint density at radius 1 is 1.58 bits per heavy atom. The highest BCUT2D eigenvalue weighted by Crippen LogP contribution is 2.23. The standard InChI is InChI=1S/C12H11BrFN3O2/c1-17-3-2-7(16-17)6-19-12(18)8-4-11(15)10(14)5-9(8)13/h2-5H,6,15H2,1H3. The average molecular weight is 328 g/mol. The van der Waals surface area contributed by atoms with Crippen molar-refractivity contribution in [3.05, 3.63) is 45.9 Å². The summed E-state index contributed by atoms with van der Waals surface area (Å²) in [5.74, 6) is -1.18. The van der Waals surface area contributed by atoms with Crippen LogP contribution in [0.1, 0.15) is 16.1 Å². The Bertz CT molecular complexity index is 627. The average Bonchev–Trinajstić information content (AvgIpc) is 2.77. The molecule has 0 fully saturated rings. The van der Waals surface area contributed by atoms with Crippen molar-refractivity contribution in [1.82, 2.24) is 9.78 Å². The molecule has 19 heavy (non-hydrogen) atoms. The van der Waals surface area contributed by atoms with Gasteiger partial charge >= 0.3 is 5.97 Å². The van der Waals surface area contributed by atoms with Gasteiger partial charge in [-0.05, 0) is 34.1 Å². The van der Waals surface area contributed by atoms with Crippen LogP contribution in [-0.4, -0.2) is 15.7 Å². The zero-order valence-corrected chi connectivity index (χ0v) is 11.6. The third kappa shape index (κ3) is 3.11. The van der Waals surface area contributed by atoms with E-state index < -0.39 is 11.8 Å². The van der Waals surface area contributed by atoms with Crippen LogP contribution in [0.15, 0.2) is 28.9 Å². The number of nitrogens with two attached hydrogens (primary N) is 1. The van der Waals surface area contributed by atoms with Gasteiger partial charge in [0.25, 0.3) is 0 Å². The second-order valence-electron chi connectivity index (χ2n) is 3.91. The number of nitrogens with zero attached hydrogens (tertiary/aromatic N) is 2. The topological polar surface area (TPSA) is 70.1 Å². The molecule has 1 heterocycles. The molecule has 0 aliphatic carbocycles. The Balaban J connectivity index is 2.10. The highest BCUT2D eigenvalue weighted by molar-refractivity contribution is 9.10. The summed E-state index contributed by atoms with van der Waals surface area (Å²) in [6.07, 6.45) is 1.75. The molecule has 0 atom stereocenters. The SMILES string of the molecule is Cn1ccc(COC(=O)c2cc(N)c(F)cc2Br)n1. The van der Waals surface area contributed by atoms with Gasteiger partial charge in [-0.1, -0.05) is 0 Å². The Morgan fingerprint density at radius 3 is 2.95 bits per heavy atom. The molecule has 0 spiro atoms. The number of carbonyl (C=O) groups is 1. The minimum Gasteiger partial charge on any atom is -0.455 e. The third-order valence-electron chi connectivity index (χ3n) is 2.43. The summed E-state index contributed by atoms with van der Waals surface area (Å²) in [5, 5.41) is 4.07. The number of hydrogen-bond donors (Lipinski definition) is 1. The van der Waals surface area contributed by atoms with Gasteiger partial charge in [-0.15, -0.1) is 0 Å². The van der Waals surface area contributed by atoms with E-state index in [9.17, 15) is 9.18 Å². The van der Waals surface area contributed by atoms with Gasteiger partial charge in [-0.25, -0.2) is 9.18 Å². The number of esters is 1. The van der Waals surface area contributed by atoms with Gasteiger partial charge in [0, 0.05) is 17.7 Å². The maximum Gasteiger partial charge on any atom is 0.339 e. The van der Waals surface area contributed by atoms with E-state index >= 15 is 0 Å². The number of rotatable bonds is 3.